The second-order valence-electron chi connectivity index (χ2n) is 10.1. The minimum atomic E-state index is -1.02. The largest absolute Gasteiger partial charge is 0.867 e. The number of aliphatic hydroxyl groups is 3. The number of rotatable bonds is 11. The fourth-order valence-electron chi connectivity index (χ4n) is 3.52. The highest BCUT2D eigenvalue weighted by molar-refractivity contribution is 5.96. The second-order valence-corrected chi connectivity index (χ2v) is 10.1. The first kappa shape index (κ1) is 32.4. The van der Waals surface area contributed by atoms with Gasteiger partial charge in [0.25, 0.3) is 5.89 Å². The van der Waals surface area contributed by atoms with E-state index in [0.29, 0.717) is 5.56 Å². The van der Waals surface area contributed by atoms with E-state index in [0.717, 1.165) is 4.57 Å². The third-order valence-electron chi connectivity index (χ3n) is 6.05. The number of halogens is 1. The number of quaternary nitrogens is 1. The lowest BCUT2D eigenvalue weighted by Gasteiger charge is -2.27. The standard InChI is InChI=1S/C22H23FN4O5.C4H11NO3/c1-12-25-26-19(32-12)16(29)11-22(2,3)21-24-17(18(30)20(31)27(21)4)15(28)10-7-13-5-8-14(23)9-6-13;5-4(1-6,2-7)3-8/h5-6,8-9,30H,7,10-11H2,1-4H3;6-8H,1-3,5H2. The molecule has 0 spiro atoms. The number of hydrogen-bond donors (Lipinski definition) is 4. The number of ketones is 2. The number of hydrogen-bond acceptors (Lipinski definition) is 11. The Balaban J connectivity index is 0.000000611. The normalized spacial score (nSPS) is 11.6. The highest BCUT2D eigenvalue weighted by Crippen LogP contribution is 2.27. The summed E-state index contributed by atoms with van der Waals surface area (Å²) in [6.45, 7) is 4.00. The Morgan fingerprint density at radius 2 is 1.65 bits per heavy atom. The maximum Gasteiger partial charge on any atom is 0.284 e. The monoisotopic (exact) mass is 563 g/mol. The van der Waals surface area contributed by atoms with Crippen LogP contribution in [-0.2, 0) is 18.9 Å². The first-order valence-corrected chi connectivity index (χ1v) is 12.3. The highest BCUT2D eigenvalue weighted by atomic mass is 19.1. The Bertz CT molecular complexity index is 1370. The fraction of sp³-hybridized carbons (Fsp3) is 0.462. The van der Waals surface area contributed by atoms with Crippen LogP contribution in [0, 0.1) is 12.7 Å². The van der Waals surface area contributed by atoms with Crippen LogP contribution in [0.15, 0.2) is 33.5 Å². The first-order valence-electron chi connectivity index (χ1n) is 12.3. The molecule has 0 aliphatic carbocycles. The number of aliphatic hydroxyl groups excluding tert-OH is 3. The quantitative estimate of drug-likeness (QED) is 0.207. The van der Waals surface area contributed by atoms with E-state index in [1.54, 1.807) is 20.8 Å². The van der Waals surface area contributed by atoms with Crippen molar-refractivity contribution >= 4 is 11.6 Å². The summed E-state index contributed by atoms with van der Waals surface area (Å²) in [4.78, 5) is 42.0. The topological polar surface area (TPSA) is 219 Å². The van der Waals surface area contributed by atoms with E-state index < -0.39 is 45.3 Å². The van der Waals surface area contributed by atoms with Gasteiger partial charge in [0, 0.05) is 32.2 Å². The predicted molar refractivity (Wildman–Crippen MR) is 136 cm³/mol. The predicted octanol–water partition coefficient (Wildman–Crippen LogP) is -1.01. The molecule has 14 heteroatoms. The molecular weight excluding hydrogens is 529 g/mol. The zero-order valence-electron chi connectivity index (χ0n) is 22.8. The molecule has 0 aliphatic heterocycles. The van der Waals surface area contributed by atoms with Gasteiger partial charge >= 0.3 is 0 Å². The van der Waals surface area contributed by atoms with Crippen LogP contribution in [0.1, 0.15) is 65.1 Å². The average molecular weight is 564 g/mol. The first-order chi connectivity index (χ1) is 18.7. The van der Waals surface area contributed by atoms with Crippen molar-refractivity contribution in [2.45, 2.75) is 51.0 Å². The van der Waals surface area contributed by atoms with Crippen LogP contribution in [0.25, 0.3) is 0 Å². The lowest BCUT2D eigenvalue weighted by molar-refractivity contribution is -0.494. The van der Waals surface area contributed by atoms with Gasteiger partial charge in [-0.05, 0) is 29.9 Å². The van der Waals surface area contributed by atoms with Crippen LogP contribution in [0.5, 0.6) is 5.75 Å². The molecule has 6 N–H and O–H groups in total. The molecule has 13 nitrogen and oxygen atoms in total. The summed E-state index contributed by atoms with van der Waals surface area (Å²) in [5.41, 5.74) is 0.721. The van der Waals surface area contributed by atoms with Crippen LogP contribution in [-0.4, -0.2) is 72.0 Å². The van der Waals surface area contributed by atoms with Crippen molar-refractivity contribution in [3.05, 3.63) is 69.3 Å². The number of benzene rings is 1. The molecule has 0 saturated carbocycles. The Labute approximate surface area is 229 Å². The summed E-state index contributed by atoms with van der Waals surface area (Å²) in [6, 6.07) is 5.63. The number of Topliss-reactive ketones (excluding diaryl/α,β-unsaturated/α-hetero) is 2. The van der Waals surface area contributed by atoms with Crippen molar-refractivity contribution in [3.8, 4) is 5.75 Å². The van der Waals surface area contributed by atoms with E-state index in [4.69, 9.17) is 19.7 Å². The van der Waals surface area contributed by atoms with Crippen LogP contribution in [0.2, 0.25) is 0 Å². The molecule has 0 unspecified atom stereocenters. The minimum Gasteiger partial charge on any atom is -0.867 e. The molecule has 218 valence electrons. The summed E-state index contributed by atoms with van der Waals surface area (Å²) in [5, 5.41) is 45.0. The summed E-state index contributed by atoms with van der Waals surface area (Å²) >= 11 is 0. The van der Waals surface area contributed by atoms with Gasteiger partial charge in [-0.15, -0.1) is 10.2 Å². The van der Waals surface area contributed by atoms with Crippen molar-refractivity contribution in [2.24, 2.45) is 7.05 Å². The van der Waals surface area contributed by atoms with Gasteiger partial charge in [-0.25, -0.2) is 9.37 Å². The number of nitrogens with zero attached hydrogens (tertiary/aromatic N) is 4. The maximum absolute atomic E-state index is 13.0. The molecule has 0 amide bonds. The molecule has 2 heterocycles. The van der Waals surface area contributed by atoms with Crippen LogP contribution >= 0.6 is 0 Å². The fourth-order valence-corrected chi connectivity index (χ4v) is 3.52. The number of aromatic nitrogens is 4. The van der Waals surface area contributed by atoms with Gasteiger partial charge in [0.2, 0.25) is 17.2 Å². The smallest absolute Gasteiger partial charge is 0.284 e. The molecule has 3 rings (SSSR count). The Morgan fingerprint density at radius 3 is 2.12 bits per heavy atom. The van der Waals surface area contributed by atoms with Crippen LogP contribution < -0.4 is 16.4 Å². The van der Waals surface area contributed by atoms with Gasteiger partial charge in [-0.2, -0.15) is 0 Å². The summed E-state index contributed by atoms with van der Waals surface area (Å²) in [7, 11) is 1.36. The average Bonchev–Trinajstić information content (AvgIpc) is 3.37. The van der Waals surface area contributed by atoms with E-state index in [2.05, 4.69) is 20.9 Å². The lowest BCUT2D eigenvalue weighted by atomic mass is 9.85. The second kappa shape index (κ2) is 13.5. The van der Waals surface area contributed by atoms with E-state index in [1.165, 1.54) is 31.3 Å². The Morgan fingerprint density at radius 1 is 1.07 bits per heavy atom. The molecule has 0 bridgehead atoms. The zero-order chi connectivity index (χ0) is 30.3. The lowest BCUT2D eigenvalue weighted by Crippen LogP contribution is -2.78. The van der Waals surface area contributed by atoms with Crippen LogP contribution in [0.4, 0.5) is 4.39 Å². The van der Waals surface area contributed by atoms with Crippen molar-refractivity contribution in [3.63, 3.8) is 0 Å². The molecule has 2 aromatic heterocycles. The van der Waals surface area contributed by atoms with E-state index >= 15 is 0 Å². The minimum absolute atomic E-state index is 0.0822. The van der Waals surface area contributed by atoms with Crippen molar-refractivity contribution < 1.29 is 44.6 Å². The zero-order valence-corrected chi connectivity index (χ0v) is 22.8. The van der Waals surface area contributed by atoms with Crippen molar-refractivity contribution in [1.82, 2.24) is 19.7 Å². The summed E-state index contributed by atoms with van der Waals surface area (Å²) in [5.74, 6) is -2.29. The number of carbonyl (C=O) groups is 2. The van der Waals surface area contributed by atoms with E-state index in [9.17, 15) is 23.9 Å². The molecule has 40 heavy (non-hydrogen) atoms. The molecule has 3 aromatic rings. The van der Waals surface area contributed by atoms with Crippen molar-refractivity contribution in [1.29, 1.82) is 0 Å². The van der Waals surface area contributed by atoms with E-state index in [-0.39, 0.29) is 56.7 Å². The molecule has 0 aliphatic rings. The van der Waals surface area contributed by atoms with Gasteiger partial charge in [0.1, 0.15) is 37.2 Å². The molecular formula is C26H34FN5O8. The molecule has 0 radical (unpaired) electrons. The van der Waals surface area contributed by atoms with Gasteiger partial charge in [0.05, 0.1) is 0 Å². The van der Waals surface area contributed by atoms with E-state index in [1.807, 2.05) is 0 Å². The number of aryl methyl sites for hydroxylation is 2. The summed E-state index contributed by atoms with van der Waals surface area (Å²) in [6.07, 6.45) is 0.0284. The van der Waals surface area contributed by atoms with Gasteiger partial charge in [-0.3, -0.25) is 19.0 Å². The molecule has 0 saturated heterocycles. The van der Waals surface area contributed by atoms with Gasteiger partial charge < -0.3 is 30.6 Å². The van der Waals surface area contributed by atoms with Gasteiger partial charge in [0.15, 0.2) is 11.3 Å². The number of carbonyl (C=O) groups excluding carboxylic acids is 2. The van der Waals surface area contributed by atoms with Gasteiger partial charge in [-0.1, -0.05) is 26.0 Å². The summed E-state index contributed by atoms with van der Waals surface area (Å²) < 4.78 is 19.3. The van der Waals surface area contributed by atoms with Crippen molar-refractivity contribution in [2.75, 3.05) is 19.8 Å². The molecule has 0 fully saturated rings. The molecule has 0 atom stereocenters. The van der Waals surface area contributed by atoms with Crippen LogP contribution in [0.3, 0.4) is 0 Å². The maximum atomic E-state index is 13.0. The third-order valence-corrected chi connectivity index (χ3v) is 6.05. The third kappa shape index (κ3) is 8.08. The Hall–Kier alpha value is -3.85. The highest BCUT2D eigenvalue weighted by Gasteiger charge is 2.32. The molecule has 1 aromatic carbocycles. The SMILES string of the molecule is Cc1nnc(C(=O)CC(C)(C)c2nc(C(=O)CCc3ccc(F)cc3)c([O-])c(=O)n2C)o1.[NH3+]C(CO)(CO)CO. The Kier molecular flexibility index (Phi) is 10.9.